The summed E-state index contributed by atoms with van der Waals surface area (Å²) in [5.74, 6) is 0.166. The Labute approximate surface area is 108 Å². The summed E-state index contributed by atoms with van der Waals surface area (Å²) in [7, 11) is 0. The lowest BCUT2D eigenvalue weighted by Gasteiger charge is -2.27. The van der Waals surface area contributed by atoms with Crippen molar-refractivity contribution >= 4 is 11.6 Å². The van der Waals surface area contributed by atoms with Crippen molar-refractivity contribution in [2.45, 2.75) is 45.2 Å². The number of hydrogen-bond donors (Lipinski definition) is 1. The molecule has 0 aromatic heterocycles. The second kappa shape index (κ2) is 5.74. The van der Waals surface area contributed by atoms with E-state index in [2.05, 4.69) is 11.8 Å². The van der Waals surface area contributed by atoms with Crippen LogP contribution in [0, 0.1) is 0 Å². The molecule has 0 saturated heterocycles. The Hall–Kier alpha value is -0.730. The standard InChI is InChI=1S/C14H20ClNO/c1-2-16(12-5-3-4-6-12)10-11-7-8-14(17)13(15)9-11/h7-9,12,17H,2-6,10H2,1H3. The first-order chi connectivity index (χ1) is 8.20. The molecular weight excluding hydrogens is 234 g/mol. The molecule has 1 aliphatic rings. The summed E-state index contributed by atoms with van der Waals surface area (Å²) in [5, 5.41) is 9.85. The highest BCUT2D eigenvalue weighted by atomic mass is 35.5. The van der Waals surface area contributed by atoms with Crippen molar-refractivity contribution in [3.63, 3.8) is 0 Å². The molecule has 1 saturated carbocycles. The van der Waals surface area contributed by atoms with Gasteiger partial charge >= 0.3 is 0 Å². The first kappa shape index (κ1) is 12.7. The lowest BCUT2D eigenvalue weighted by Crippen LogP contribution is -2.32. The van der Waals surface area contributed by atoms with Gasteiger partial charge in [-0.05, 0) is 37.1 Å². The molecule has 0 atom stereocenters. The zero-order chi connectivity index (χ0) is 12.3. The fourth-order valence-corrected chi connectivity index (χ4v) is 2.85. The summed E-state index contributed by atoms with van der Waals surface area (Å²) in [6.45, 7) is 4.21. The van der Waals surface area contributed by atoms with Crippen LogP contribution in [-0.4, -0.2) is 22.6 Å². The van der Waals surface area contributed by atoms with Crippen LogP contribution in [-0.2, 0) is 6.54 Å². The second-order valence-corrected chi connectivity index (χ2v) is 5.19. The van der Waals surface area contributed by atoms with Gasteiger partial charge < -0.3 is 5.11 Å². The van der Waals surface area contributed by atoms with Gasteiger partial charge in [0.15, 0.2) is 0 Å². The molecule has 0 bridgehead atoms. The molecule has 1 N–H and O–H groups in total. The lowest BCUT2D eigenvalue weighted by molar-refractivity contribution is 0.200. The number of nitrogens with zero attached hydrogens (tertiary/aromatic N) is 1. The van der Waals surface area contributed by atoms with Gasteiger partial charge in [-0.1, -0.05) is 37.4 Å². The number of benzene rings is 1. The summed E-state index contributed by atoms with van der Waals surface area (Å²) >= 11 is 5.93. The minimum atomic E-state index is 0.166. The van der Waals surface area contributed by atoms with Crippen molar-refractivity contribution in [1.29, 1.82) is 0 Å². The Morgan fingerprint density at radius 3 is 2.65 bits per heavy atom. The summed E-state index contributed by atoms with van der Waals surface area (Å²) < 4.78 is 0. The van der Waals surface area contributed by atoms with Crippen LogP contribution in [0.2, 0.25) is 5.02 Å². The van der Waals surface area contributed by atoms with E-state index in [-0.39, 0.29) is 5.75 Å². The number of aromatic hydroxyl groups is 1. The van der Waals surface area contributed by atoms with Crippen molar-refractivity contribution in [2.75, 3.05) is 6.54 Å². The van der Waals surface area contributed by atoms with E-state index >= 15 is 0 Å². The van der Waals surface area contributed by atoms with E-state index in [9.17, 15) is 5.11 Å². The van der Waals surface area contributed by atoms with Crippen LogP contribution in [0.25, 0.3) is 0 Å². The molecule has 2 nitrogen and oxygen atoms in total. The van der Waals surface area contributed by atoms with E-state index in [1.165, 1.54) is 31.2 Å². The van der Waals surface area contributed by atoms with Gasteiger partial charge in [-0.2, -0.15) is 0 Å². The third-order valence-electron chi connectivity index (χ3n) is 3.65. The number of phenols is 1. The molecule has 3 heteroatoms. The van der Waals surface area contributed by atoms with Gasteiger partial charge in [0.25, 0.3) is 0 Å². The summed E-state index contributed by atoms with van der Waals surface area (Å²) in [4.78, 5) is 2.51. The molecule has 0 unspecified atom stereocenters. The van der Waals surface area contributed by atoms with Crippen LogP contribution in [0.5, 0.6) is 5.75 Å². The first-order valence-electron chi connectivity index (χ1n) is 6.42. The number of phenolic OH excluding ortho intramolecular Hbond substituents is 1. The third-order valence-corrected chi connectivity index (χ3v) is 3.95. The third kappa shape index (κ3) is 3.14. The zero-order valence-corrected chi connectivity index (χ0v) is 11.1. The van der Waals surface area contributed by atoms with Crippen molar-refractivity contribution in [1.82, 2.24) is 4.90 Å². The SMILES string of the molecule is CCN(Cc1ccc(O)c(Cl)c1)C1CCCC1. The molecule has 0 aliphatic heterocycles. The van der Waals surface area contributed by atoms with Crippen LogP contribution in [0.3, 0.4) is 0 Å². The molecule has 1 aliphatic carbocycles. The van der Waals surface area contributed by atoms with Gasteiger partial charge in [-0.15, -0.1) is 0 Å². The van der Waals surface area contributed by atoms with Gasteiger partial charge in [-0.25, -0.2) is 0 Å². The highest BCUT2D eigenvalue weighted by Crippen LogP contribution is 2.27. The Balaban J connectivity index is 2.04. The molecule has 0 radical (unpaired) electrons. The summed E-state index contributed by atoms with van der Waals surface area (Å²) in [6.07, 6.45) is 5.36. The van der Waals surface area contributed by atoms with Crippen LogP contribution in [0.4, 0.5) is 0 Å². The number of hydrogen-bond acceptors (Lipinski definition) is 2. The van der Waals surface area contributed by atoms with Gasteiger partial charge in [-0.3, -0.25) is 4.90 Å². The minimum absolute atomic E-state index is 0.166. The van der Waals surface area contributed by atoms with Crippen molar-refractivity contribution in [3.05, 3.63) is 28.8 Å². The molecule has 0 amide bonds. The topological polar surface area (TPSA) is 23.5 Å². The van der Waals surface area contributed by atoms with E-state index in [4.69, 9.17) is 11.6 Å². The summed E-state index contributed by atoms with van der Waals surface area (Å²) in [6, 6.07) is 6.24. The van der Waals surface area contributed by atoms with E-state index in [0.717, 1.165) is 19.1 Å². The van der Waals surface area contributed by atoms with Crippen LogP contribution < -0.4 is 0 Å². The number of halogens is 1. The number of rotatable bonds is 4. The molecule has 17 heavy (non-hydrogen) atoms. The van der Waals surface area contributed by atoms with Gasteiger partial charge in [0.2, 0.25) is 0 Å². The average Bonchev–Trinajstić information content (AvgIpc) is 2.84. The largest absolute Gasteiger partial charge is 0.506 e. The maximum atomic E-state index is 9.40. The fraction of sp³-hybridized carbons (Fsp3) is 0.571. The maximum Gasteiger partial charge on any atom is 0.134 e. The molecule has 0 spiro atoms. The van der Waals surface area contributed by atoms with Crippen LogP contribution in [0.1, 0.15) is 38.2 Å². The Morgan fingerprint density at radius 1 is 1.35 bits per heavy atom. The molecular formula is C14H20ClNO. The van der Waals surface area contributed by atoms with E-state index in [1.54, 1.807) is 6.07 Å². The monoisotopic (exact) mass is 253 g/mol. The van der Waals surface area contributed by atoms with Crippen molar-refractivity contribution in [2.24, 2.45) is 0 Å². The second-order valence-electron chi connectivity index (χ2n) is 4.79. The Kier molecular flexibility index (Phi) is 4.30. The first-order valence-corrected chi connectivity index (χ1v) is 6.80. The normalized spacial score (nSPS) is 16.9. The molecule has 0 heterocycles. The maximum absolute atomic E-state index is 9.40. The van der Waals surface area contributed by atoms with E-state index in [0.29, 0.717) is 5.02 Å². The fourth-order valence-electron chi connectivity index (χ4n) is 2.65. The molecule has 1 aromatic carbocycles. The average molecular weight is 254 g/mol. The highest BCUT2D eigenvalue weighted by molar-refractivity contribution is 6.32. The predicted octanol–water partition coefficient (Wildman–Crippen LogP) is 3.81. The molecule has 2 rings (SSSR count). The minimum Gasteiger partial charge on any atom is -0.506 e. The Morgan fingerprint density at radius 2 is 2.06 bits per heavy atom. The smallest absolute Gasteiger partial charge is 0.134 e. The zero-order valence-electron chi connectivity index (χ0n) is 10.3. The predicted molar refractivity (Wildman–Crippen MR) is 71.5 cm³/mol. The van der Waals surface area contributed by atoms with Gasteiger partial charge in [0, 0.05) is 12.6 Å². The highest BCUT2D eigenvalue weighted by Gasteiger charge is 2.21. The molecule has 94 valence electrons. The van der Waals surface area contributed by atoms with Gasteiger partial charge in [0.1, 0.15) is 5.75 Å². The van der Waals surface area contributed by atoms with Gasteiger partial charge in [0.05, 0.1) is 5.02 Å². The van der Waals surface area contributed by atoms with E-state index in [1.807, 2.05) is 12.1 Å². The lowest BCUT2D eigenvalue weighted by atomic mass is 10.1. The van der Waals surface area contributed by atoms with Crippen LogP contribution in [0.15, 0.2) is 18.2 Å². The van der Waals surface area contributed by atoms with Crippen molar-refractivity contribution < 1.29 is 5.11 Å². The summed E-state index contributed by atoms with van der Waals surface area (Å²) in [5.41, 5.74) is 1.18. The van der Waals surface area contributed by atoms with Crippen LogP contribution >= 0.6 is 11.6 Å². The quantitative estimate of drug-likeness (QED) is 0.882. The van der Waals surface area contributed by atoms with Crippen molar-refractivity contribution in [3.8, 4) is 5.75 Å². The Bertz CT molecular complexity index is 374. The molecule has 1 fully saturated rings. The van der Waals surface area contributed by atoms with E-state index < -0.39 is 0 Å². The molecule has 1 aromatic rings.